The van der Waals surface area contributed by atoms with Crippen LogP contribution >= 0.6 is 15.9 Å². The van der Waals surface area contributed by atoms with Gasteiger partial charge in [-0.05, 0) is 41.1 Å². The Morgan fingerprint density at radius 1 is 1.56 bits per heavy atom. The molecular weight excluding hydrogens is 296 g/mol. The smallest absolute Gasteiger partial charge is 0.238 e. The van der Waals surface area contributed by atoms with E-state index in [0.717, 1.165) is 0 Å². The molecule has 1 atom stereocenters. The predicted octanol–water partition coefficient (Wildman–Crippen LogP) is 1.39. The number of rotatable bonds is 3. The fourth-order valence-corrected chi connectivity index (χ4v) is 2.13. The minimum absolute atomic E-state index is 0.0173. The van der Waals surface area contributed by atoms with Crippen LogP contribution in [-0.2, 0) is 10.0 Å². The molecule has 0 saturated heterocycles. The summed E-state index contributed by atoms with van der Waals surface area (Å²) < 4.78 is 27.7. The SMILES string of the molecule is CC(C#N)Oc1ccc(S(N)(=O)=O)cc1Br. The summed E-state index contributed by atoms with van der Waals surface area (Å²) in [5.74, 6) is 0.390. The number of sulfonamides is 1. The standard InChI is InChI=1S/C9H9BrN2O3S/c1-6(5-11)15-9-3-2-7(4-8(9)10)16(12,13)14/h2-4,6H,1H3,(H2,12,13,14). The lowest BCUT2D eigenvalue weighted by Gasteiger charge is -2.10. The Morgan fingerprint density at radius 3 is 2.62 bits per heavy atom. The number of primary sulfonamides is 1. The minimum atomic E-state index is -3.73. The van der Waals surface area contributed by atoms with Crippen molar-refractivity contribution in [3.63, 3.8) is 0 Å². The fraction of sp³-hybridized carbons (Fsp3) is 0.222. The summed E-state index contributed by atoms with van der Waals surface area (Å²) in [5, 5.41) is 13.5. The Balaban J connectivity index is 3.07. The number of ether oxygens (including phenoxy) is 1. The number of hydrogen-bond acceptors (Lipinski definition) is 4. The van der Waals surface area contributed by atoms with Gasteiger partial charge in [0.1, 0.15) is 11.8 Å². The lowest BCUT2D eigenvalue weighted by molar-refractivity contribution is 0.274. The van der Waals surface area contributed by atoms with Crippen molar-refractivity contribution in [2.45, 2.75) is 17.9 Å². The van der Waals surface area contributed by atoms with Gasteiger partial charge in [0.2, 0.25) is 10.0 Å². The maximum atomic E-state index is 11.0. The first-order valence-electron chi connectivity index (χ1n) is 4.23. The second-order valence-electron chi connectivity index (χ2n) is 3.03. The average Bonchev–Trinajstić information content (AvgIpc) is 2.19. The summed E-state index contributed by atoms with van der Waals surface area (Å²) in [6.07, 6.45) is -0.614. The molecule has 5 nitrogen and oxygen atoms in total. The third-order valence-electron chi connectivity index (χ3n) is 1.72. The van der Waals surface area contributed by atoms with Crippen LogP contribution in [0.1, 0.15) is 6.92 Å². The van der Waals surface area contributed by atoms with Gasteiger partial charge >= 0.3 is 0 Å². The van der Waals surface area contributed by atoms with Gasteiger partial charge in [-0.15, -0.1) is 0 Å². The monoisotopic (exact) mass is 304 g/mol. The maximum Gasteiger partial charge on any atom is 0.238 e. The van der Waals surface area contributed by atoms with E-state index in [1.54, 1.807) is 6.92 Å². The molecule has 0 aliphatic rings. The second kappa shape index (κ2) is 4.82. The van der Waals surface area contributed by atoms with Gasteiger partial charge in [0.05, 0.1) is 9.37 Å². The highest BCUT2D eigenvalue weighted by molar-refractivity contribution is 9.10. The molecule has 0 aliphatic heterocycles. The molecule has 7 heteroatoms. The number of halogens is 1. The lowest BCUT2D eigenvalue weighted by atomic mass is 10.3. The molecule has 0 bridgehead atoms. The zero-order chi connectivity index (χ0) is 12.3. The Hall–Kier alpha value is -1.10. The van der Waals surface area contributed by atoms with E-state index < -0.39 is 16.1 Å². The summed E-state index contributed by atoms with van der Waals surface area (Å²) in [6, 6.07) is 5.99. The van der Waals surface area contributed by atoms with Crippen molar-refractivity contribution in [1.82, 2.24) is 0 Å². The summed E-state index contributed by atoms with van der Waals surface area (Å²) >= 11 is 3.14. The van der Waals surface area contributed by atoms with Crippen molar-refractivity contribution >= 4 is 26.0 Å². The molecule has 1 aromatic carbocycles. The molecular formula is C9H9BrN2O3S. The van der Waals surface area contributed by atoms with Crippen LogP contribution in [0.5, 0.6) is 5.75 Å². The number of nitrogens with zero attached hydrogens (tertiary/aromatic N) is 1. The molecule has 1 aromatic rings. The molecule has 0 amide bonds. The van der Waals surface area contributed by atoms with Crippen LogP contribution in [-0.4, -0.2) is 14.5 Å². The van der Waals surface area contributed by atoms with Crippen LogP contribution in [0.4, 0.5) is 0 Å². The van der Waals surface area contributed by atoms with Crippen molar-refractivity contribution in [1.29, 1.82) is 5.26 Å². The van der Waals surface area contributed by atoms with E-state index in [1.165, 1.54) is 18.2 Å². The van der Waals surface area contributed by atoms with Crippen molar-refractivity contribution < 1.29 is 13.2 Å². The zero-order valence-electron chi connectivity index (χ0n) is 8.34. The highest BCUT2D eigenvalue weighted by Crippen LogP contribution is 2.28. The summed E-state index contributed by atoms with van der Waals surface area (Å²) in [7, 11) is -3.73. The van der Waals surface area contributed by atoms with Crippen molar-refractivity contribution in [3.05, 3.63) is 22.7 Å². The molecule has 16 heavy (non-hydrogen) atoms. The first kappa shape index (κ1) is 13.0. The second-order valence-corrected chi connectivity index (χ2v) is 5.44. The molecule has 0 aliphatic carbocycles. The highest BCUT2D eigenvalue weighted by Gasteiger charge is 2.12. The molecule has 0 spiro atoms. The molecule has 0 fully saturated rings. The summed E-state index contributed by atoms with van der Waals surface area (Å²) in [5.41, 5.74) is 0. The number of hydrogen-bond donors (Lipinski definition) is 1. The molecule has 0 aromatic heterocycles. The van der Waals surface area contributed by atoms with Crippen molar-refractivity contribution in [2.75, 3.05) is 0 Å². The Kier molecular flexibility index (Phi) is 3.91. The normalized spacial score (nSPS) is 12.9. The molecule has 0 heterocycles. The van der Waals surface area contributed by atoms with E-state index in [4.69, 9.17) is 15.1 Å². The van der Waals surface area contributed by atoms with Crippen molar-refractivity contribution in [3.8, 4) is 11.8 Å². The third-order valence-corrected chi connectivity index (χ3v) is 3.25. The van der Waals surface area contributed by atoms with Crippen LogP contribution in [0.15, 0.2) is 27.6 Å². The van der Waals surface area contributed by atoms with E-state index in [2.05, 4.69) is 15.9 Å². The van der Waals surface area contributed by atoms with Crippen LogP contribution in [0.3, 0.4) is 0 Å². The largest absolute Gasteiger partial charge is 0.475 e. The van der Waals surface area contributed by atoms with Gasteiger partial charge in [-0.25, -0.2) is 13.6 Å². The van der Waals surface area contributed by atoms with Crippen LogP contribution < -0.4 is 9.88 Å². The lowest BCUT2D eigenvalue weighted by Crippen LogP contribution is -2.13. The first-order chi connectivity index (χ1) is 7.34. The van der Waals surface area contributed by atoms with E-state index in [0.29, 0.717) is 10.2 Å². The average molecular weight is 305 g/mol. The quantitative estimate of drug-likeness (QED) is 0.913. The molecule has 1 rings (SSSR count). The van der Waals surface area contributed by atoms with Gasteiger partial charge in [-0.1, -0.05) is 0 Å². The molecule has 2 N–H and O–H groups in total. The Bertz CT molecular complexity index is 536. The van der Waals surface area contributed by atoms with Gasteiger partial charge in [0, 0.05) is 0 Å². The van der Waals surface area contributed by atoms with Gasteiger partial charge < -0.3 is 4.74 Å². The van der Waals surface area contributed by atoms with E-state index in [1.807, 2.05) is 6.07 Å². The van der Waals surface area contributed by atoms with Gasteiger partial charge in [-0.3, -0.25) is 0 Å². The van der Waals surface area contributed by atoms with Gasteiger partial charge in [-0.2, -0.15) is 5.26 Å². The molecule has 0 saturated carbocycles. The minimum Gasteiger partial charge on any atom is -0.475 e. The number of nitrogens with two attached hydrogens (primary N) is 1. The first-order valence-corrected chi connectivity index (χ1v) is 6.57. The van der Waals surface area contributed by atoms with Crippen LogP contribution in [0.25, 0.3) is 0 Å². The van der Waals surface area contributed by atoms with E-state index >= 15 is 0 Å². The molecule has 1 unspecified atom stereocenters. The zero-order valence-corrected chi connectivity index (χ0v) is 10.7. The highest BCUT2D eigenvalue weighted by atomic mass is 79.9. The maximum absolute atomic E-state index is 11.0. The van der Waals surface area contributed by atoms with Gasteiger partial charge in [0.15, 0.2) is 6.10 Å². The Labute approximate surface area is 102 Å². The Morgan fingerprint density at radius 2 is 2.19 bits per heavy atom. The van der Waals surface area contributed by atoms with E-state index in [-0.39, 0.29) is 4.90 Å². The van der Waals surface area contributed by atoms with Crippen LogP contribution in [0.2, 0.25) is 0 Å². The summed E-state index contributed by atoms with van der Waals surface area (Å²) in [4.78, 5) is -0.0173. The molecule has 0 radical (unpaired) electrons. The van der Waals surface area contributed by atoms with Crippen LogP contribution in [0, 0.1) is 11.3 Å². The topological polar surface area (TPSA) is 93.2 Å². The summed E-state index contributed by atoms with van der Waals surface area (Å²) in [6.45, 7) is 1.58. The molecule has 86 valence electrons. The fourth-order valence-electron chi connectivity index (χ4n) is 0.971. The predicted molar refractivity (Wildman–Crippen MR) is 61.2 cm³/mol. The van der Waals surface area contributed by atoms with Crippen molar-refractivity contribution in [2.24, 2.45) is 5.14 Å². The number of benzene rings is 1. The van der Waals surface area contributed by atoms with E-state index in [9.17, 15) is 8.42 Å². The number of nitriles is 1. The van der Waals surface area contributed by atoms with Gasteiger partial charge in [0.25, 0.3) is 0 Å². The third kappa shape index (κ3) is 3.20.